The Balaban J connectivity index is 2.42. The van der Waals surface area contributed by atoms with Crippen LogP contribution in [0.5, 0.6) is 0 Å². The van der Waals surface area contributed by atoms with Crippen molar-refractivity contribution in [1.29, 1.82) is 0 Å². The number of hydrogen-bond acceptors (Lipinski definition) is 2. The van der Waals surface area contributed by atoms with Crippen molar-refractivity contribution in [2.45, 2.75) is 58.6 Å². The smallest absolute Gasteiger partial charge is 0.0632 e. The van der Waals surface area contributed by atoms with E-state index >= 15 is 0 Å². The van der Waals surface area contributed by atoms with Crippen molar-refractivity contribution in [1.82, 2.24) is 0 Å². The van der Waals surface area contributed by atoms with Gasteiger partial charge in [0.15, 0.2) is 0 Å². The zero-order valence-corrected chi connectivity index (χ0v) is 12.2. The van der Waals surface area contributed by atoms with Crippen LogP contribution in [0, 0.1) is 0 Å². The van der Waals surface area contributed by atoms with Gasteiger partial charge in [-0.15, -0.1) is 0 Å². The van der Waals surface area contributed by atoms with Crippen LogP contribution in [0.4, 0.5) is 5.69 Å². The van der Waals surface area contributed by atoms with E-state index in [0.717, 1.165) is 13.0 Å². The molecule has 18 heavy (non-hydrogen) atoms. The third-order valence-corrected chi connectivity index (χ3v) is 3.69. The predicted molar refractivity (Wildman–Crippen MR) is 77.3 cm³/mol. The van der Waals surface area contributed by atoms with Gasteiger partial charge in [0.05, 0.1) is 5.60 Å². The van der Waals surface area contributed by atoms with Gasteiger partial charge in [0.1, 0.15) is 0 Å². The zero-order valence-electron chi connectivity index (χ0n) is 12.2. The second-order valence-electron chi connectivity index (χ2n) is 6.49. The van der Waals surface area contributed by atoms with Crippen LogP contribution in [0.3, 0.4) is 0 Å². The van der Waals surface area contributed by atoms with E-state index in [2.05, 4.69) is 43.9 Å². The SMILES string of the molecule is CC1CN(C(C)C)c2cccc(CC(C)(C)O)c21. The van der Waals surface area contributed by atoms with Gasteiger partial charge in [0.2, 0.25) is 0 Å². The molecule has 0 amide bonds. The number of fused-ring (bicyclic) bond motifs is 1. The molecule has 0 bridgehead atoms. The largest absolute Gasteiger partial charge is 0.390 e. The summed E-state index contributed by atoms with van der Waals surface area (Å²) in [6.45, 7) is 11.6. The Kier molecular flexibility index (Phi) is 3.41. The molecule has 1 aromatic carbocycles. The van der Waals surface area contributed by atoms with Crippen LogP contribution in [0.1, 0.15) is 51.7 Å². The number of rotatable bonds is 3. The fraction of sp³-hybridized carbons (Fsp3) is 0.625. The number of hydrogen-bond donors (Lipinski definition) is 1. The third kappa shape index (κ3) is 2.54. The minimum atomic E-state index is -0.639. The topological polar surface area (TPSA) is 23.5 Å². The lowest BCUT2D eigenvalue weighted by Crippen LogP contribution is -2.28. The van der Waals surface area contributed by atoms with E-state index < -0.39 is 5.60 Å². The summed E-state index contributed by atoms with van der Waals surface area (Å²) in [4.78, 5) is 2.47. The first kappa shape index (κ1) is 13.4. The van der Waals surface area contributed by atoms with Gasteiger partial charge in [0, 0.05) is 30.6 Å². The molecular weight excluding hydrogens is 222 g/mol. The molecule has 1 aromatic rings. The number of benzene rings is 1. The minimum absolute atomic E-state index is 0.533. The van der Waals surface area contributed by atoms with E-state index in [-0.39, 0.29) is 0 Å². The Morgan fingerprint density at radius 2 is 2.06 bits per heavy atom. The lowest BCUT2D eigenvalue weighted by Gasteiger charge is -2.25. The summed E-state index contributed by atoms with van der Waals surface area (Å²) in [5.41, 5.74) is 3.46. The quantitative estimate of drug-likeness (QED) is 0.885. The van der Waals surface area contributed by atoms with Gasteiger partial charge in [-0.05, 0) is 44.9 Å². The molecule has 0 aliphatic carbocycles. The van der Waals surface area contributed by atoms with E-state index in [0.29, 0.717) is 12.0 Å². The van der Waals surface area contributed by atoms with Gasteiger partial charge >= 0.3 is 0 Å². The molecule has 2 rings (SSSR count). The summed E-state index contributed by atoms with van der Waals surface area (Å²) in [6.07, 6.45) is 0.729. The summed E-state index contributed by atoms with van der Waals surface area (Å²) in [5.74, 6) is 0.556. The monoisotopic (exact) mass is 247 g/mol. The Morgan fingerprint density at radius 1 is 1.39 bits per heavy atom. The molecule has 0 spiro atoms. The summed E-state index contributed by atoms with van der Waals surface area (Å²) < 4.78 is 0. The standard InChI is InChI=1S/C16H25NO/c1-11(2)17-10-12(3)15-13(9-16(4,5)18)7-6-8-14(15)17/h6-8,11-12,18H,9-10H2,1-5H3. The summed E-state index contributed by atoms with van der Waals surface area (Å²) >= 11 is 0. The molecule has 1 N–H and O–H groups in total. The molecule has 2 nitrogen and oxygen atoms in total. The number of aliphatic hydroxyl groups is 1. The van der Waals surface area contributed by atoms with Crippen molar-refractivity contribution in [3.63, 3.8) is 0 Å². The highest BCUT2D eigenvalue weighted by Gasteiger charge is 2.30. The predicted octanol–water partition coefficient (Wildman–Crippen LogP) is 3.33. The van der Waals surface area contributed by atoms with Crippen LogP contribution < -0.4 is 4.90 Å². The van der Waals surface area contributed by atoms with Crippen molar-refractivity contribution >= 4 is 5.69 Å². The average molecular weight is 247 g/mol. The molecule has 1 aliphatic rings. The lowest BCUT2D eigenvalue weighted by molar-refractivity contribution is 0.0807. The van der Waals surface area contributed by atoms with Crippen LogP contribution in [-0.2, 0) is 6.42 Å². The van der Waals surface area contributed by atoms with Crippen molar-refractivity contribution in [2.75, 3.05) is 11.4 Å². The van der Waals surface area contributed by atoms with E-state index in [1.807, 2.05) is 13.8 Å². The van der Waals surface area contributed by atoms with Gasteiger partial charge in [-0.25, -0.2) is 0 Å². The fourth-order valence-corrected chi connectivity index (χ4v) is 3.01. The second kappa shape index (κ2) is 4.58. The summed E-state index contributed by atoms with van der Waals surface area (Å²) in [6, 6.07) is 7.03. The Hall–Kier alpha value is -1.02. The molecule has 1 atom stereocenters. The molecule has 0 saturated heterocycles. The molecule has 0 fully saturated rings. The second-order valence-corrected chi connectivity index (χ2v) is 6.49. The fourth-order valence-electron chi connectivity index (χ4n) is 3.01. The van der Waals surface area contributed by atoms with Crippen LogP contribution in [0.2, 0.25) is 0 Å². The van der Waals surface area contributed by atoms with E-state index in [1.54, 1.807) is 0 Å². The molecule has 2 heteroatoms. The van der Waals surface area contributed by atoms with Gasteiger partial charge in [-0.2, -0.15) is 0 Å². The number of nitrogens with zero attached hydrogens (tertiary/aromatic N) is 1. The molecule has 0 aromatic heterocycles. The van der Waals surface area contributed by atoms with Crippen LogP contribution in [0.15, 0.2) is 18.2 Å². The maximum atomic E-state index is 10.1. The van der Waals surface area contributed by atoms with Crippen LogP contribution >= 0.6 is 0 Å². The van der Waals surface area contributed by atoms with Gasteiger partial charge < -0.3 is 10.0 Å². The van der Waals surface area contributed by atoms with Gasteiger partial charge in [-0.3, -0.25) is 0 Å². The molecular formula is C16H25NO. The molecule has 1 heterocycles. The minimum Gasteiger partial charge on any atom is -0.390 e. The van der Waals surface area contributed by atoms with Crippen molar-refractivity contribution in [3.8, 4) is 0 Å². The Bertz CT molecular complexity index is 431. The van der Waals surface area contributed by atoms with Crippen LogP contribution in [0.25, 0.3) is 0 Å². The van der Waals surface area contributed by atoms with Crippen molar-refractivity contribution < 1.29 is 5.11 Å². The summed E-state index contributed by atoms with van der Waals surface area (Å²) in [5, 5.41) is 10.1. The molecule has 0 saturated carbocycles. The maximum absolute atomic E-state index is 10.1. The summed E-state index contributed by atoms with van der Waals surface area (Å²) in [7, 11) is 0. The highest BCUT2D eigenvalue weighted by atomic mass is 16.3. The molecule has 100 valence electrons. The van der Waals surface area contributed by atoms with Gasteiger partial charge in [-0.1, -0.05) is 19.1 Å². The van der Waals surface area contributed by atoms with Crippen molar-refractivity contribution in [2.24, 2.45) is 0 Å². The first-order valence-corrected chi connectivity index (χ1v) is 6.90. The average Bonchev–Trinajstić information content (AvgIpc) is 2.55. The number of anilines is 1. The van der Waals surface area contributed by atoms with Crippen molar-refractivity contribution in [3.05, 3.63) is 29.3 Å². The lowest BCUT2D eigenvalue weighted by atomic mass is 9.90. The van der Waals surface area contributed by atoms with E-state index in [1.165, 1.54) is 16.8 Å². The first-order valence-electron chi connectivity index (χ1n) is 6.90. The third-order valence-electron chi connectivity index (χ3n) is 3.69. The molecule has 1 unspecified atom stereocenters. The molecule has 1 aliphatic heterocycles. The Labute approximate surface area is 111 Å². The van der Waals surface area contributed by atoms with Crippen LogP contribution in [-0.4, -0.2) is 23.3 Å². The van der Waals surface area contributed by atoms with E-state index in [4.69, 9.17) is 0 Å². The highest BCUT2D eigenvalue weighted by molar-refractivity contribution is 5.63. The maximum Gasteiger partial charge on any atom is 0.0632 e. The first-order chi connectivity index (χ1) is 8.29. The zero-order chi connectivity index (χ0) is 13.5. The van der Waals surface area contributed by atoms with Gasteiger partial charge in [0.25, 0.3) is 0 Å². The van der Waals surface area contributed by atoms with E-state index in [9.17, 15) is 5.11 Å². The Morgan fingerprint density at radius 3 is 2.61 bits per heavy atom. The molecule has 0 radical (unpaired) electrons. The normalized spacial score (nSPS) is 19.5. The highest BCUT2D eigenvalue weighted by Crippen LogP contribution is 2.40.